The van der Waals surface area contributed by atoms with Gasteiger partial charge in [-0.2, -0.15) is 0 Å². The Morgan fingerprint density at radius 2 is 1.78 bits per heavy atom. The van der Waals surface area contributed by atoms with E-state index in [1.807, 2.05) is 41.1 Å². The summed E-state index contributed by atoms with van der Waals surface area (Å²) >= 11 is 0. The molecule has 11 nitrogen and oxygen atoms in total. The van der Waals surface area contributed by atoms with Gasteiger partial charge < -0.3 is 34.7 Å². The van der Waals surface area contributed by atoms with Crippen molar-refractivity contribution in [2.75, 3.05) is 32.1 Å². The van der Waals surface area contributed by atoms with Crippen LogP contribution in [-0.2, 0) is 13.6 Å². The summed E-state index contributed by atoms with van der Waals surface area (Å²) in [4.78, 5) is 40.0. The molecule has 0 spiro atoms. The second-order valence-corrected chi connectivity index (χ2v) is 14.8. The van der Waals surface area contributed by atoms with Gasteiger partial charge in [-0.3, -0.25) is 9.78 Å². The van der Waals surface area contributed by atoms with E-state index in [9.17, 15) is 9.59 Å². The number of urea groups is 1. The number of rotatable bonds is 7. The Morgan fingerprint density at radius 1 is 0.980 bits per heavy atom. The minimum Gasteiger partial charge on any atom is -0.494 e. The lowest BCUT2D eigenvalue weighted by Crippen LogP contribution is -2.41. The number of fused-ring (bicyclic) bond motifs is 4. The molecule has 4 aliphatic rings. The summed E-state index contributed by atoms with van der Waals surface area (Å²) in [5, 5.41) is 4.21. The molecule has 2 bridgehead atoms. The number of anilines is 1. The van der Waals surface area contributed by atoms with Gasteiger partial charge in [-0.05, 0) is 92.2 Å². The van der Waals surface area contributed by atoms with Crippen LogP contribution in [0.2, 0.25) is 0 Å². The minimum atomic E-state index is -0.0642. The quantitative estimate of drug-likeness (QED) is 0.219. The van der Waals surface area contributed by atoms with Gasteiger partial charge in [-0.1, -0.05) is 18.2 Å². The Hall–Kier alpha value is -4.90. The third kappa shape index (κ3) is 5.21. The molecule has 3 atom stereocenters. The second kappa shape index (κ2) is 12.2. The second-order valence-electron chi connectivity index (χ2n) is 14.8. The first-order valence-corrected chi connectivity index (χ1v) is 18.1. The van der Waals surface area contributed by atoms with Gasteiger partial charge in [0.15, 0.2) is 5.82 Å². The van der Waals surface area contributed by atoms with Crippen molar-refractivity contribution in [2.45, 2.75) is 63.1 Å². The third-order valence-electron chi connectivity index (χ3n) is 11.8. The summed E-state index contributed by atoms with van der Waals surface area (Å²) in [6.45, 7) is 3.06. The maximum absolute atomic E-state index is 13.8. The molecule has 11 heteroatoms. The number of ether oxygens (including phenoxy) is 1. The lowest BCUT2D eigenvalue weighted by molar-refractivity contribution is 0.0700. The number of likely N-dealkylation sites (tertiary alicyclic amines) is 2. The van der Waals surface area contributed by atoms with E-state index in [0.29, 0.717) is 42.2 Å². The topological polar surface area (TPSA) is 124 Å². The highest BCUT2D eigenvalue weighted by Gasteiger charge is 2.47. The van der Waals surface area contributed by atoms with Gasteiger partial charge in [0.1, 0.15) is 11.3 Å². The van der Waals surface area contributed by atoms with Crippen molar-refractivity contribution in [3.8, 4) is 17.3 Å². The van der Waals surface area contributed by atoms with Crippen LogP contribution in [0.25, 0.3) is 33.5 Å². The average Bonchev–Trinajstić information content (AvgIpc) is 3.53. The van der Waals surface area contributed by atoms with Crippen LogP contribution in [0.5, 0.6) is 5.75 Å². The first-order chi connectivity index (χ1) is 24.4. The van der Waals surface area contributed by atoms with Gasteiger partial charge in [-0.15, -0.1) is 0 Å². The lowest BCUT2D eigenvalue weighted by atomic mass is 9.88. The zero-order valence-corrected chi connectivity index (χ0v) is 28.7. The van der Waals surface area contributed by atoms with Gasteiger partial charge in [0.05, 0.1) is 23.8 Å². The van der Waals surface area contributed by atoms with Crippen LogP contribution >= 0.6 is 0 Å². The van der Waals surface area contributed by atoms with Crippen molar-refractivity contribution in [3.05, 3.63) is 72.1 Å². The van der Waals surface area contributed by atoms with Gasteiger partial charge in [-0.25, -0.2) is 9.78 Å². The first-order valence-electron chi connectivity index (χ1n) is 18.1. The Kier molecular flexibility index (Phi) is 7.56. The molecule has 2 aliphatic carbocycles. The molecule has 258 valence electrons. The van der Waals surface area contributed by atoms with Crippen LogP contribution in [0, 0.1) is 11.8 Å². The molecule has 5 aromatic rings. The summed E-state index contributed by atoms with van der Waals surface area (Å²) < 4.78 is 10.5. The number of carbonyl (C=O) groups is 2. The minimum absolute atomic E-state index is 0.00781. The lowest BCUT2D eigenvalue weighted by Gasteiger charge is -2.32. The SMILES string of the molecule is COc1cc(C(=O)N2C[C@H]3CC[C@@H]2[C@@H]3N)cc2nc(-c3cc4cccc(C5CCN(C(=O)Nc6ccncc6)CC5)c4n3CC3CC3)n(C)c12. The molecular formula is C39H44N8O3. The van der Waals surface area contributed by atoms with E-state index in [0.717, 1.165) is 67.0 Å². The molecule has 50 heavy (non-hydrogen) atoms. The molecule has 9 rings (SSSR count). The highest BCUT2D eigenvalue weighted by atomic mass is 16.5. The number of nitrogens with zero attached hydrogens (tertiary/aromatic N) is 6. The zero-order chi connectivity index (χ0) is 34.1. The summed E-state index contributed by atoms with van der Waals surface area (Å²) in [6.07, 6.45) is 9.70. The van der Waals surface area contributed by atoms with Crippen molar-refractivity contribution < 1.29 is 14.3 Å². The normalized spacial score (nSPS) is 22.2. The number of hydrogen-bond acceptors (Lipinski definition) is 6. The van der Waals surface area contributed by atoms with E-state index in [4.69, 9.17) is 15.5 Å². The Balaban J connectivity index is 1.05. The summed E-state index contributed by atoms with van der Waals surface area (Å²) in [7, 11) is 3.70. The van der Waals surface area contributed by atoms with Gasteiger partial charge in [0.2, 0.25) is 0 Å². The van der Waals surface area contributed by atoms with Gasteiger partial charge in [0, 0.05) is 74.3 Å². The molecule has 3 N–H and O–H groups in total. The van der Waals surface area contributed by atoms with Crippen LogP contribution in [0.4, 0.5) is 10.5 Å². The standard InChI is InChI=1S/C39H44N8O3/c1-44-36-30(18-27(20-33(36)50-2)38(48)47-22-26-8-9-31(47)34(26)40)43-37(44)32-19-25-4-3-5-29(35(25)46(32)21-23-6-7-23)24-12-16-45(17-13-24)39(49)42-28-10-14-41-15-11-28/h3-5,10-11,14-15,18-20,23-24,26,31,34H,6-9,12-13,16-17,21-22,40H2,1-2H3,(H,41,42,49)/t26-,31-,34-/m1/s1. The number of amides is 3. The van der Waals surface area contributed by atoms with E-state index < -0.39 is 0 Å². The highest BCUT2D eigenvalue weighted by molar-refractivity contribution is 6.00. The number of imidazole rings is 1. The number of hydrogen-bond donors (Lipinski definition) is 2. The predicted octanol–water partition coefficient (Wildman–Crippen LogP) is 5.98. The molecule has 0 radical (unpaired) electrons. The van der Waals surface area contributed by atoms with Crippen LogP contribution < -0.4 is 15.8 Å². The van der Waals surface area contributed by atoms with E-state index in [1.54, 1.807) is 19.5 Å². The van der Waals surface area contributed by atoms with Crippen molar-refractivity contribution in [3.63, 3.8) is 0 Å². The molecule has 2 aliphatic heterocycles. The molecular weight excluding hydrogens is 628 g/mol. The summed E-state index contributed by atoms with van der Waals surface area (Å²) in [5.41, 5.74) is 13.1. The predicted molar refractivity (Wildman–Crippen MR) is 193 cm³/mol. The summed E-state index contributed by atoms with van der Waals surface area (Å²) in [5.74, 6) is 2.88. The molecule has 5 heterocycles. The maximum Gasteiger partial charge on any atom is 0.321 e. The van der Waals surface area contributed by atoms with Crippen LogP contribution in [0.15, 0.2) is 60.9 Å². The zero-order valence-electron chi connectivity index (χ0n) is 28.7. The van der Waals surface area contributed by atoms with E-state index in [1.165, 1.54) is 29.3 Å². The van der Waals surface area contributed by atoms with Crippen molar-refractivity contribution >= 4 is 39.6 Å². The van der Waals surface area contributed by atoms with Gasteiger partial charge in [0.25, 0.3) is 5.91 Å². The van der Waals surface area contributed by atoms with Crippen LogP contribution in [0.1, 0.15) is 60.4 Å². The fraction of sp³-hybridized carbons (Fsp3) is 0.436. The molecule has 4 fully saturated rings. The number of methoxy groups -OCH3 is 1. The smallest absolute Gasteiger partial charge is 0.321 e. The summed E-state index contributed by atoms with van der Waals surface area (Å²) in [6, 6.07) is 16.5. The Morgan fingerprint density at radius 3 is 2.48 bits per heavy atom. The highest BCUT2D eigenvalue weighted by Crippen LogP contribution is 2.42. The Labute approximate surface area is 291 Å². The number of nitrogens with two attached hydrogens (primary N) is 1. The fourth-order valence-corrected chi connectivity index (χ4v) is 8.91. The molecule has 3 aromatic heterocycles. The van der Waals surface area contributed by atoms with E-state index in [-0.39, 0.29) is 24.0 Å². The third-order valence-corrected chi connectivity index (χ3v) is 11.8. The number of carbonyl (C=O) groups excluding carboxylic acids is 2. The number of benzene rings is 2. The number of para-hydroxylation sites is 1. The maximum atomic E-state index is 13.8. The average molecular weight is 673 g/mol. The van der Waals surface area contributed by atoms with Crippen molar-refractivity contribution in [1.82, 2.24) is 28.9 Å². The number of piperidine rings is 2. The first kappa shape index (κ1) is 31.1. The van der Waals surface area contributed by atoms with Gasteiger partial charge >= 0.3 is 6.03 Å². The Bertz CT molecular complexity index is 2110. The van der Waals surface area contributed by atoms with Crippen molar-refractivity contribution in [1.29, 1.82) is 0 Å². The fourth-order valence-electron chi connectivity index (χ4n) is 8.91. The molecule has 2 saturated heterocycles. The van der Waals surface area contributed by atoms with E-state index >= 15 is 0 Å². The molecule has 2 saturated carbocycles. The van der Waals surface area contributed by atoms with Crippen molar-refractivity contribution in [2.24, 2.45) is 24.6 Å². The van der Waals surface area contributed by atoms with Crippen LogP contribution in [0.3, 0.4) is 0 Å². The number of aryl methyl sites for hydroxylation is 1. The molecule has 0 unspecified atom stereocenters. The largest absolute Gasteiger partial charge is 0.494 e. The number of pyridine rings is 1. The monoisotopic (exact) mass is 672 g/mol. The number of aromatic nitrogens is 4. The number of nitrogens with one attached hydrogen (secondary N) is 1. The molecule has 3 amide bonds. The van der Waals surface area contributed by atoms with Crippen LogP contribution in [-0.4, -0.2) is 79.7 Å². The molecule has 2 aromatic carbocycles. The van der Waals surface area contributed by atoms with E-state index in [2.05, 4.69) is 43.7 Å².